The van der Waals surface area contributed by atoms with Gasteiger partial charge in [-0.2, -0.15) is 11.8 Å². The molecule has 0 radical (unpaired) electrons. The highest BCUT2D eigenvalue weighted by molar-refractivity contribution is 7.99. The molecule has 0 amide bonds. The van der Waals surface area contributed by atoms with Crippen molar-refractivity contribution in [2.75, 3.05) is 11.5 Å². The van der Waals surface area contributed by atoms with E-state index in [0.29, 0.717) is 5.82 Å². The van der Waals surface area contributed by atoms with Crippen molar-refractivity contribution in [1.29, 1.82) is 0 Å². The van der Waals surface area contributed by atoms with Crippen LogP contribution in [-0.2, 0) is 0 Å². The van der Waals surface area contributed by atoms with Crippen molar-refractivity contribution in [1.82, 2.24) is 4.98 Å². The molecule has 3 N–H and O–H groups in total. The fourth-order valence-corrected chi connectivity index (χ4v) is 3.50. The van der Waals surface area contributed by atoms with E-state index in [2.05, 4.69) is 4.98 Å². The second-order valence-electron chi connectivity index (χ2n) is 4.28. The lowest BCUT2D eigenvalue weighted by Crippen LogP contribution is -2.21. The zero-order chi connectivity index (χ0) is 11.5. The maximum absolute atomic E-state index is 10.4. The van der Waals surface area contributed by atoms with Crippen molar-refractivity contribution in [3.8, 4) is 0 Å². The SMILES string of the molecule is Cc1ccnc(N)c1C(O)C1CCCCS1. The van der Waals surface area contributed by atoms with Crippen LogP contribution in [0.2, 0.25) is 0 Å². The van der Waals surface area contributed by atoms with Crippen LogP contribution < -0.4 is 5.73 Å². The Labute approximate surface area is 100 Å². The largest absolute Gasteiger partial charge is 0.387 e. The molecule has 0 spiro atoms. The van der Waals surface area contributed by atoms with Crippen molar-refractivity contribution in [2.45, 2.75) is 37.5 Å². The number of rotatable bonds is 2. The summed E-state index contributed by atoms with van der Waals surface area (Å²) in [7, 11) is 0. The first-order valence-electron chi connectivity index (χ1n) is 5.71. The predicted molar refractivity (Wildman–Crippen MR) is 68.4 cm³/mol. The van der Waals surface area contributed by atoms with Crippen LogP contribution in [0.25, 0.3) is 0 Å². The van der Waals surface area contributed by atoms with E-state index >= 15 is 0 Å². The van der Waals surface area contributed by atoms with Gasteiger partial charge in [-0.25, -0.2) is 4.98 Å². The Kier molecular flexibility index (Phi) is 3.71. The van der Waals surface area contributed by atoms with Crippen LogP contribution in [0.3, 0.4) is 0 Å². The molecule has 3 nitrogen and oxygen atoms in total. The van der Waals surface area contributed by atoms with Crippen LogP contribution >= 0.6 is 11.8 Å². The summed E-state index contributed by atoms with van der Waals surface area (Å²) >= 11 is 1.85. The summed E-state index contributed by atoms with van der Waals surface area (Å²) in [6.07, 6.45) is 4.75. The number of hydrogen-bond acceptors (Lipinski definition) is 4. The third-order valence-electron chi connectivity index (χ3n) is 3.10. The predicted octanol–water partition coefficient (Wildman–Crippen LogP) is 2.29. The number of thioether (sulfide) groups is 1. The highest BCUT2D eigenvalue weighted by Gasteiger charge is 2.26. The van der Waals surface area contributed by atoms with Crippen molar-refractivity contribution < 1.29 is 5.11 Å². The zero-order valence-corrected chi connectivity index (χ0v) is 10.3. The first kappa shape index (κ1) is 11.7. The molecule has 1 fully saturated rings. The van der Waals surface area contributed by atoms with E-state index in [-0.39, 0.29) is 5.25 Å². The van der Waals surface area contributed by atoms with E-state index in [4.69, 9.17) is 5.73 Å². The molecular weight excluding hydrogens is 220 g/mol. The van der Waals surface area contributed by atoms with Crippen molar-refractivity contribution in [3.63, 3.8) is 0 Å². The van der Waals surface area contributed by atoms with Gasteiger partial charge in [-0.3, -0.25) is 0 Å². The molecule has 1 saturated heterocycles. The van der Waals surface area contributed by atoms with Gasteiger partial charge in [0.25, 0.3) is 0 Å². The van der Waals surface area contributed by atoms with E-state index < -0.39 is 6.10 Å². The first-order chi connectivity index (χ1) is 7.70. The number of aromatic nitrogens is 1. The number of aliphatic hydroxyl groups excluding tert-OH is 1. The normalized spacial score (nSPS) is 23.0. The second-order valence-corrected chi connectivity index (χ2v) is 5.62. The molecular formula is C12H18N2OS. The van der Waals surface area contributed by atoms with Crippen LogP contribution in [0.15, 0.2) is 12.3 Å². The maximum atomic E-state index is 10.4. The van der Waals surface area contributed by atoms with Gasteiger partial charge in [-0.15, -0.1) is 0 Å². The minimum absolute atomic E-state index is 0.277. The number of pyridine rings is 1. The maximum Gasteiger partial charge on any atom is 0.129 e. The molecule has 1 aliphatic rings. The Morgan fingerprint density at radius 2 is 2.38 bits per heavy atom. The van der Waals surface area contributed by atoms with Crippen LogP contribution in [0, 0.1) is 6.92 Å². The second kappa shape index (κ2) is 5.06. The minimum atomic E-state index is -0.473. The molecule has 2 unspecified atom stereocenters. The van der Waals surface area contributed by atoms with Gasteiger partial charge in [0.2, 0.25) is 0 Å². The molecule has 2 atom stereocenters. The molecule has 1 aliphatic heterocycles. The molecule has 0 saturated carbocycles. The summed E-state index contributed by atoms with van der Waals surface area (Å²) in [6.45, 7) is 1.98. The summed E-state index contributed by atoms with van der Waals surface area (Å²) < 4.78 is 0. The Hall–Kier alpha value is -0.740. The monoisotopic (exact) mass is 238 g/mol. The Bertz CT molecular complexity index is 344. The van der Waals surface area contributed by atoms with Crippen molar-refractivity contribution in [3.05, 3.63) is 23.4 Å². The average molecular weight is 238 g/mol. The molecule has 88 valence electrons. The van der Waals surface area contributed by atoms with Crippen LogP contribution in [0.4, 0.5) is 5.82 Å². The van der Waals surface area contributed by atoms with Gasteiger partial charge in [-0.1, -0.05) is 6.42 Å². The number of nitrogen functional groups attached to an aromatic ring is 1. The highest BCUT2D eigenvalue weighted by Crippen LogP contribution is 2.37. The number of aryl methyl sites for hydroxylation is 1. The molecule has 16 heavy (non-hydrogen) atoms. The molecule has 0 bridgehead atoms. The Morgan fingerprint density at radius 3 is 3.00 bits per heavy atom. The topological polar surface area (TPSA) is 59.1 Å². The van der Waals surface area contributed by atoms with Gasteiger partial charge in [-0.05, 0) is 37.1 Å². The van der Waals surface area contributed by atoms with E-state index in [1.54, 1.807) is 6.20 Å². The molecule has 4 heteroatoms. The summed E-state index contributed by atoms with van der Waals surface area (Å²) in [5, 5.41) is 10.6. The van der Waals surface area contributed by atoms with E-state index in [1.165, 1.54) is 12.8 Å². The highest BCUT2D eigenvalue weighted by atomic mass is 32.2. The van der Waals surface area contributed by atoms with E-state index in [9.17, 15) is 5.11 Å². The van der Waals surface area contributed by atoms with Gasteiger partial charge >= 0.3 is 0 Å². The lowest BCUT2D eigenvalue weighted by Gasteiger charge is -2.27. The fourth-order valence-electron chi connectivity index (χ4n) is 2.18. The molecule has 0 aliphatic carbocycles. The quantitative estimate of drug-likeness (QED) is 0.830. The number of hydrogen-bond donors (Lipinski definition) is 2. The zero-order valence-electron chi connectivity index (χ0n) is 9.52. The van der Waals surface area contributed by atoms with Gasteiger partial charge in [0.05, 0.1) is 6.10 Å². The van der Waals surface area contributed by atoms with Crippen LogP contribution in [0.5, 0.6) is 0 Å². The number of nitrogens with zero attached hydrogens (tertiary/aromatic N) is 1. The smallest absolute Gasteiger partial charge is 0.129 e. The summed E-state index contributed by atoms with van der Waals surface area (Å²) in [6, 6.07) is 1.91. The molecule has 2 rings (SSSR count). The van der Waals surface area contributed by atoms with Crippen LogP contribution in [0.1, 0.15) is 36.5 Å². The van der Waals surface area contributed by atoms with Gasteiger partial charge < -0.3 is 10.8 Å². The lowest BCUT2D eigenvalue weighted by molar-refractivity contribution is 0.168. The molecule has 1 aromatic heterocycles. The minimum Gasteiger partial charge on any atom is -0.387 e. The van der Waals surface area contributed by atoms with E-state index in [0.717, 1.165) is 23.3 Å². The Balaban J connectivity index is 2.22. The Morgan fingerprint density at radius 1 is 1.56 bits per heavy atom. The molecule has 0 aromatic carbocycles. The summed E-state index contributed by atoms with van der Waals surface area (Å²) in [5.41, 5.74) is 7.70. The van der Waals surface area contributed by atoms with Gasteiger partial charge in [0.1, 0.15) is 5.82 Å². The number of anilines is 1. The summed E-state index contributed by atoms with van der Waals surface area (Å²) in [5.74, 6) is 1.61. The third kappa shape index (κ3) is 2.33. The van der Waals surface area contributed by atoms with E-state index in [1.807, 2.05) is 24.8 Å². The average Bonchev–Trinajstić information content (AvgIpc) is 2.30. The molecule has 2 heterocycles. The standard InChI is InChI=1S/C12H18N2OS/c1-8-5-6-14-12(13)10(8)11(15)9-4-2-3-7-16-9/h5-6,9,11,15H,2-4,7H2,1H3,(H2,13,14). The third-order valence-corrected chi connectivity index (χ3v) is 4.55. The number of aliphatic hydroxyl groups is 1. The number of nitrogens with two attached hydrogens (primary N) is 1. The van der Waals surface area contributed by atoms with Crippen molar-refractivity contribution in [2.24, 2.45) is 0 Å². The van der Waals surface area contributed by atoms with Crippen molar-refractivity contribution >= 4 is 17.6 Å². The van der Waals surface area contributed by atoms with Gasteiger partial charge in [0.15, 0.2) is 0 Å². The van der Waals surface area contributed by atoms with Crippen LogP contribution in [-0.4, -0.2) is 21.1 Å². The first-order valence-corrected chi connectivity index (χ1v) is 6.75. The summed E-state index contributed by atoms with van der Waals surface area (Å²) in [4.78, 5) is 4.06. The lowest BCUT2D eigenvalue weighted by atomic mass is 9.99. The molecule has 1 aromatic rings. The fraction of sp³-hybridized carbons (Fsp3) is 0.583. The van der Waals surface area contributed by atoms with Gasteiger partial charge in [0, 0.05) is 17.0 Å².